The highest BCUT2D eigenvalue weighted by Gasteiger charge is 2.36. The maximum atomic E-state index is 12.6. The molecule has 0 aliphatic heterocycles. The number of nitrogens with one attached hydrogen (secondary N) is 1. The number of thiazole rings is 1. The predicted molar refractivity (Wildman–Crippen MR) is 89.5 cm³/mol. The van der Waals surface area contributed by atoms with Crippen LogP contribution >= 0.6 is 11.3 Å². The Labute approximate surface area is 138 Å². The van der Waals surface area contributed by atoms with Crippen molar-refractivity contribution in [2.45, 2.75) is 25.2 Å². The standard InChI is InChI=1S/C17H18N4OS/c22-16(15(13-6-7-13)12-4-2-1-3-5-12)18-9-8-14-10-23-17-19-11-20-21(14)17/h1-5,10-11,13,15H,6-9H2,(H,18,22). The first-order valence-electron chi connectivity index (χ1n) is 7.91. The first-order valence-corrected chi connectivity index (χ1v) is 8.79. The number of hydrogen-bond acceptors (Lipinski definition) is 4. The van der Waals surface area contributed by atoms with Crippen LogP contribution in [0.2, 0.25) is 0 Å². The van der Waals surface area contributed by atoms with Crippen molar-refractivity contribution in [3.8, 4) is 0 Å². The van der Waals surface area contributed by atoms with E-state index in [0.717, 1.165) is 35.5 Å². The molecule has 1 aliphatic rings. The second kappa shape index (κ2) is 6.12. The number of hydrogen-bond donors (Lipinski definition) is 1. The summed E-state index contributed by atoms with van der Waals surface area (Å²) in [6.45, 7) is 0.626. The molecule has 1 fully saturated rings. The molecule has 1 atom stereocenters. The SMILES string of the molecule is O=C(NCCc1csc2ncnn12)C(c1ccccc1)C1CC1. The third-order valence-corrected chi connectivity index (χ3v) is 5.18. The first-order chi connectivity index (χ1) is 11.3. The molecule has 3 aromatic rings. The van der Waals surface area contributed by atoms with Gasteiger partial charge in [0, 0.05) is 18.3 Å². The van der Waals surface area contributed by atoms with Crippen LogP contribution < -0.4 is 5.32 Å². The summed E-state index contributed by atoms with van der Waals surface area (Å²) in [5.41, 5.74) is 2.21. The molecule has 1 aliphatic carbocycles. The third-order valence-electron chi connectivity index (χ3n) is 4.30. The normalized spacial score (nSPS) is 15.7. The summed E-state index contributed by atoms with van der Waals surface area (Å²) in [4.78, 5) is 17.7. The minimum absolute atomic E-state index is 0.00920. The summed E-state index contributed by atoms with van der Waals surface area (Å²) in [5.74, 6) is 0.634. The molecule has 0 saturated heterocycles. The Hall–Kier alpha value is -2.21. The van der Waals surface area contributed by atoms with E-state index in [4.69, 9.17) is 0 Å². The molecular formula is C17H18N4OS. The second-order valence-electron chi connectivity index (χ2n) is 5.95. The molecule has 1 saturated carbocycles. The zero-order chi connectivity index (χ0) is 15.6. The second-order valence-corrected chi connectivity index (χ2v) is 6.78. The summed E-state index contributed by atoms with van der Waals surface area (Å²) >= 11 is 1.57. The van der Waals surface area contributed by atoms with Crippen molar-refractivity contribution in [2.24, 2.45) is 5.92 Å². The van der Waals surface area contributed by atoms with Crippen LogP contribution in [0.4, 0.5) is 0 Å². The Morgan fingerprint density at radius 1 is 1.35 bits per heavy atom. The van der Waals surface area contributed by atoms with Gasteiger partial charge in [0.1, 0.15) is 6.33 Å². The number of fused-ring (bicyclic) bond motifs is 1. The molecule has 1 unspecified atom stereocenters. The van der Waals surface area contributed by atoms with Crippen LogP contribution in [0.15, 0.2) is 42.0 Å². The highest BCUT2D eigenvalue weighted by molar-refractivity contribution is 7.15. The van der Waals surface area contributed by atoms with Gasteiger partial charge in [-0.05, 0) is 24.3 Å². The molecule has 2 heterocycles. The number of carbonyl (C=O) groups excluding carboxylic acids is 1. The molecule has 118 valence electrons. The van der Waals surface area contributed by atoms with Gasteiger partial charge in [-0.3, -0.25) is 4.79 Å². The van der Waals surface area contributed by atoms with Gasteiger partial charge in [0.25, 0.3) is 0 Å². The van der Waals surface area contributed by atoms with E-state index in [1.54, 1.807) is 17.7 Å². The van der Waals surface area contributed by atoms with Gasteiger partial charge in [-0.15, -0.1) is 11.3 Å². The van der Waals surface area contributed by atoms with E-state index in [-0.39, 0.29) is 11.8 Å². The minimum atomic E-state index is -0.00920. The fourth-order valence-electron chi connectivity index (χ4n) is 3.00. The quantitative estimate of drug-likeness (QED) is 0.757. The van der Waals surface area contributed by atoms with Gasteiger partial charge >= 0.3 is 0 Å². The van der Waals surface area contributed by atoms with Crippen LogP contribution in [0.1, 0.15) is 30.0 Å². The predicted octanol–water partition coefficient (Wildman–Crippen LogP) is 2.64. The van der Waals surface area contributed by atoms with Gasteiger partial charge in [0.2, 0.25) is 10.9 Å². The van der Waals surface area contributed by atoms with Gasteiger partial charge in [-0.1, -0.05) is 30.3 Å². The van der Waals surface area contributed by atoms with Gasteiger partial charge < -0.3 is 5.32 Å². The average Bonchev–Trinajstić information content (AvgIpc) is 3.15. The number of carbonyl (C=O) groups is 1. The van der Waals surface area contributed by atoms with E-state index in [1.807, 2.05) is 22.7 Å². The molecule has 5 nitrogen and oxygen atoms in total. The van der Waals surface area contributed by atoms with Crippen molar-refractivity contribution in [3.63, 3.8) is 0 Å². The average molecular weight is 326 g/mol. The van der Waals surface area contributed by atoms with E-state index in [2.05, 4.69) is 32.9 Å². The Morgan fingerprint density at radius 2 is 2.17 bits per heavy atom. The molecule has 4 rings (SSSR count). The van der Waals surface area contributed by atoms with E-state index in [0.29, 0.717) is 12.5 Å². The van der Waals surface area contributed by atoms with Crippen molar-refractivity contribution in [1.82, 2.24) is 19.9 Å². The van der Waals surface area contributed by atoms with E-state index >= 15 is 0 Å². The fraction of sp³-hybridized carbons (Fsp3) is 0.353. The molecule has 0 bridgehead atoms. The summed E-state index contributed by atoms with van der Waals surface area (Å²) < 4.78 is 1.84. The highest BCUT2D eigenvalue weighted by atomic mass is 32.1. The Balaban J connectivity index is 1.40. The van der Waals surface area contributed by atoms with Gasteiger partial charge in [0.05, 0.1) is 11.6 Å². The lowest BCUT2D eigenvalue weighted by Gasteiger charge is -2.16. The summed E-state index contributed by atoms with van der Waals surface area (Å²) in [6.07, 6.45) is 4.63. The topological polar surface area (TPSA) is 59.3 Å². The van der Waals surface area contributed by atoms with Gasteiger partial charge in [0.15, 0.2) is 0 Å². The van der Waals surface area contributed by atoms with Crippen LogP contribution in [-0.2, 0) is 11.2 Å². The van der Waals surface area contributed by atoms with Gasteiger partial charge in [-0.25, -0.2) is 9.50 Å². The van der Waals surface area contributed by atoms with Crippen molar-refractivity contribution >= 4 is 22.2 Å². The van der Waals surface area contributed by atoms with Gasteiger partial charge in [-0.2, -0.15) is 5.10 Å². The molecular weight excluding hydrogens is 308 g/mol. The molecule has 1 aromatic carbocycles. The first kappa shape index (κ1) is 14.4. The van der Waals surface area contributed by atoms with Crippen molar-refractivity contribution < 1.29 is 4.79 Å². The zero-order valence-electron chi connectivity index (χ0n) is 12.7. The lowest BCUT2D eigenvalue weighted by Crippen LogP contribution is -2.32. The number of amides is 1. The van der Waals surface area contributed by atoms with E-state index in [9.17, 15) is 4.79 Å². The van der Waals surface area contributed by atoms with Crippen LogP contribution in [0, 0.1) is 5.92 Å². The Kier molecular flexibility index (Phi) is 3.83. The van der Waals surface area contributed by atoms with Crippen molar-refractivity contribution in [3.05, 3.63) is 53.3 Å². The molecule has 1 amide bonds. The van der Waals surface area contributed by atoms with Crippen LogP contribution in [0.3, 0.4) is 0 Å². The Morgan fingerprint density at radius 3 is 2.96 bits per heavy atom. The largest absolute Gasteiger partial charge is 0.355 e. The summed E-state index contributed by atoms with van der Waals surface area (Å²) in [7, 11) is 0. The number of aromatic nitrogens is 3. The molecule has 6 heteroatoms. The van der Waals surface area contributed by atoms with E-state index < -0.39 is 0 Å². The van der Waals surface area contributed by atoms with Crippen LogP contribution in [0.5, 0.6) is 0 Å². The van der Waals surface area contributed by atoms with Crippen molar-refractivity contribution in [2.75, 3.05) is 6.54 Å². The molecule has 1 N–H and O–H groups in total. The van der Waals surface area contributed by atoms with Crippen molar-refractivity contribution in [1.29, 1.82) is 0 Å². The third kappa shape index (κ3) is 2.99. The molecule has 23 heavy (non-hydrogen) atoms. The summed E-state index contributed by atoms with van der Waals surface area (Å²) in [5, 5.41) is 9.36. The highest BCUT2D eigenvalue weighted by Crippen LogP contribution is 2.42. The monoisotopic (exact) mass is 326 g/mol. The van der Waals surface area contributed by atoms with Crippen LogP contribution in [0.25, 0.3) is 4.96 Å². The molecule has 0 radical (unpaired) electrons. The number of benzene rings is 1. The fourth-order valence-corrected chi connectivity index (χ4v) is 3.83. The lowest BCUT2D eigenvalue weighted by atomic mass is 9.93. The van der Waals surface area contributed by atoms with E-state index in [1.165, 1.54) is 0 Å². The zero-order valence-corrected chi connectivity index (χ0v) is 13.5. The lowest BCUT2D eigenvalue weighted by molar-refractivity contribution is -0.123. The minimum Gasteiger partial charge on any atom is -0.355 e. The smallest absolute Gasteiger partial charge is 0.227 e. The maximum absolute atomic E-state index is 12.6. The van der Waals surface area contributed by atoms with Crippen LogP contribution in [-0.4, -0.2) is 27.0 Å². The molecule has 2 aromatic heterocycles. The number of nitrogens with zero attached hydrogens (tertiary/aromatic N) is 3. The molecule has 0 spiro atoms. The summed E-state index contributed by atoms with van der Waals surface area (Å²) in [6, 6.07) is 10.1. The number of rotatable bonds is 6. The Bertz CT molecular complexity index is 806. The maximum Gasteiger partial charge on any atom is 0.227 e.